The van der Waals surface area contributed by atoms with Crippen molar-refractivity contribution in [1.82, 2.24) is 19.6 Å². The molecule has 1 aliphatic rings. The van der Waals surface area contributed by atoms with Gasteiger partial charge in [0, 0.05) is 12.0 Å². The van der Waals surface area contributed by atoms with Crippen LogP contribution >= 0.6 is 12.6 Å². The molecule has 0 bridgehead atoms. The number of fused-ring (bicyclic) bond motifs is 2. The monoisotopic (exact) mass is 236 g/mol. The number of hydrogen-bond acceptors (Lipinski definition) is 5. The van der Waals surface area contributed by atoms with Crippen LogP contribution in [0.5, 0.6) is 0 Å². The number of rotatable bonds is 2. The Morgan fingerprint density at radius 1 is 1.31 bits per heavy atom. The molecule has 2 aromatic heterocycles. The van der Waals surface area contributed by atoms with Gasteiger partial charge in [0.2, 0.25) is 0 Å². The van der Waals surface area contributed by atoms with Crippen molar-refractivity contribution in [2.75, 3.05) is 6.61 Å². The molecule has 0 saturated heterocycles. The molecule has 1 aliphatic carbocycles. The average molecular weight is 236 g/mol. The molecule has 2 heterocycles. The summed E-state index contributed by atoms with van der Waals surface area (Å²) < 4.78 is 1.66. The van der Waals surface area contributed by atoms with E-state index < -0.39 is 0 Å². The smallest absolute Gasteiger partial charge is 0.253 e. The lowest BCUT2D eigenvalue weighted by Crippen LogP contribution is -2.00. The van der Waals surface area contributed by atoms with Gasteiger partial charge in [0.1, 0.15) is 5.03 Å². The van der Waals surface area contributed by atoms with Crippen molar-refractivity contribution in [2.24, 2.45) is 0 Å². The standard InChI is InChI=1S/C10H12N4OS/c15-5-4-8-12-10-11-7-3-1-2-6(7)9(16)14(10)13-8/h15-16H,1-5H2. The van der Waals surface area contributed by atoms with E-state index in [0.717, 1.165) is 30.0 Å². The van der Waals surface area contributed by atoms with Gasteiger partial charge in [0.25, 0.3) is 5.78 Å². The maximum Gasteiger partial charge on any atom is 0.253 e. The Labute approximate surface area is 97.9 Å². The minimum atomic E-state index is 0.0541. The first kappa shape index (κ1) is 10.0. The molecule has 2 aromatic rings. The molecule has 0 aromatic carbocycles. The van der Waals surface area contributed by atoms with Crippen molar-refractivity contribution >= 4 is 18.4 Å². The molecular weight excluding hydrogens is 224 g/mol. The summed E-state index contributed by atoms with van der Waals surface area (Å²) in [4.78, 5) is 8.75. The third-order valence-corrected chi connectivity index (χ3v) is 3.32. The fraction of sp³-hybridized carbons (Fsp3) is 0.500. The Balaban J connectivity index is 2.20. The summed E-state index contributed by atoms with van der Waals surface area (Å²) in [6.45, 7) is 0.0541. The largest absolute Gasteiger partial charge is 0.396 e. The second kappa shape index (κ2) is 3.71. The van der Waals surface area contributed by atoms with E-state index in [2.05, 4.69) is 27.7 Å². The second-order valence-corrected chi connectivity index (χ2v) is 4.35. The highest BCUT2D eigenvalue weighted by atomic mass is 32.1. The van der Waals surface area contributed by atoms with E-state index in [-0.39, 0.29) is 6.61 Å². The minimum Gasteiger partial charge on any atom is -0.396 e. The van der Waals surface area contributed by atoms with Crippen LogP contribution in [-0.4, -0.2) is 31.3 Å². The molecular formula is C10H12N4OS. The predicted octanol–water partition coefficient (Wildman–Crippen LogP) is 0.437. The molecule has 16 heavy (non-hydrogen) atoms. The number of aromatic nitrogens is 4. The van der Waals surface area contributed by atoms with Crippen LogP contribution < -0.4 is 0 Å². The first-order valence-electron chi connectivity index (χ1n) is 5.37. The lowest BCUT2D eigenvalue weighted by atomic mass is 10.3. The van der Waals surface area contributed by atoms with Gasteiger partial charge >= 0.3 is 0 Å². The summed E-state index contributed by atoms with van der Waals surface area (Å²) in [5.41, 5.74) is 2.29. The zero-order chi connectivity index (χ0) is 11.1. The topological polar surface area (TPSA) is 63.3 Å². The zero-order valence-corrected chi connectivity index (χ0v) is 9.61. The normalized spacial score (nSPS) is 14.6. The van der Waals surface area contributed by atoms with E-state index in [4.69, 9.17) is 5.11 Å². The predicted molar refractivity (Wildman–Crippen MR) is 60.8 cm³/mol. The number of thiol groups is 1. The second-order valence-electron chi connectivity index (χ2n) is 3.93. The summed E-state index contributed by atoms with van der Waals surface area (Å²) in [6.07, 6.45) is 3.61. The molecule has 0 fully saturated rings. The molecule has 0 aliphatic heterocycles. The number of aryl methyl sites for hydroxylation is 1. The molecule has 0 atom stereocenters. The van der Waals surface area contributed by atoms with E-state index in [9.17, 15) is 0 Å². The Hall–Kier alpha value is -1.14. The van der Waals surface area contributed by atoms with Crippen molar-refractivity contribution < 1.29 is 5.11 Å². The van der Waals surface area contributed by atoms with Gasteiger partial charge in [-0.25, -0.2) is 4.98 Å². The maximum absolute atomic E-state index is 8.85. The Bertz CT molecular complexity index is 551. The Morgan fingerprint density at radius 2 is 2.19 bits per heavy atom. The summed E-state index contributed by atoms with van der Waals surface area (Å²) in [5, 5.41) is 14.0. The van der Waals surface area contributed by atoms with Crippen molar-refractivity contribution in [3.8, 4) is 0 Å². The quantitative estimate of drug-likeness (QED) is 0.586. The molecule has 5 nitrogen and oxygen atoms in total. The molecule has 0 unspecified atom stereocenters. The SMILES string of the molecule is OCCc1nc2nc3c(c(S)n2n1)CCC3. The van der Waals surface area contributed by atoms with Gasteiger partial charge in [-0.05, 0) is 19.3 Å². The van der Waals surface area contributed by atoms with Gasteiger partial charge in [-0.15, -0.1) is 17.7 Å². The molecule has 0 spiro atoms. The number of hydrogen-bond donors (Lipinski definition) is 2. The van der Waals surface area contributed by atoms with Gasteiger partial charge in [-0.1, -0.05) is 0 Å². The Kier molecular flexibility index (Phi) is 2.33. The van der Waals surface area contributed by atoms with Crippen LogP contribution in [-0.2, 0) is 19.3 Å². The van der Waals surface area contributed by atoms with E-state index in [0.29, 0.717) is 18.0 Å². The zero-order valence-electron chi connectivity index (χ0n) is 8.72. The first-order chi connectivity index (χ1) is 7.79. The van der Waals surface area contributed by atoms with Gasteiger partial charge in [0.05, 0.1) is 12.3 Å². The van der Waals surface area contributed by atoms with Crippen LogP contribution in [0.15, 0.2) is 5.03 Å². The molecule has 1 N–H and O–H groups in total. The third-order valence-electron chi connectivity index (χ3n) is 2.86. The van der Waals surface area contributed by atoms with Crippen LogP contribution in [0.3, 0.4) is 0 Å². The summed E-state index contributed by atoms with van der Waals surface area (Å²) in [5.74, 6) is 1.21. The molecule has 0 saturated carbocycles. The van der Waals surface area contributed by atoms with E-state index in [1.807, 2.05) is 0 Å². The van der Waals surface area contributed by atoms with E-state index in [1.165, 1.54) is 5.56 Å². The highest BCUT2D eigenvalue weighted by molar-refractivity contribution is 7.80. The lowest BCUT2D eigenvalue weighted by molar-refractivity contribution is 0.296. The maximum atomic E-state index is 8.85. The van der Waals surface area contributed by atoms with E-state index >= 15 is 0 Å². The van der Waals surface area contributed by atoms with Crippen LogP contribution in [0.25, 0.3) is 5.78 Å². The molecule has 0 amide bonds. The summed E-state index contributed by atoms with van der Waals surface area (Å²) >= 11 is 4.49. The van der Waals surface area contributed by atoms with Crippen molar-refractivity contribution in [3.63, 3.8) is 0 Å². The molecule has 6 heteroatoms. The number of nitrogens with zero attached hydrogens (tertiary/aromatic N) is 4. The number of aliphatic hydroxyl groups is 1. The van der Waals surface area contributed by atoms with Crippen LogP contribution in [0.4, 0.5) is 0 Å². The first-order valence-corrected chi connectivity index (χ1v) is 5.81. The van der Waals surface area contributed by atoms with Gasteiger partial charge < -0.3 is 5.11 Å². The lowest BCUT2D eigenvalue weighted by Gasteiger charge is -2.03. The van der Waals surface area contributed by atoms with Gasteiger partial charge in [0.15, 0.2) is 5.82 Å². The van der Waals surface area contributed by atoms with Crippen LogP contribution in [0, 0.1) is 0 Å². The van der Waals surface area contributed by atoms with Crippen LogP contribution in [0.1, 0.15) is 23.5 Å². The van der Waals surface area contributed by atoms with Crippen molar-refractivity contribution in [1.29, 1.82) is 0 Å². The minimum absolute atomic E-state index is 0.0541. The van der Waals surface area contributed by atoms with Crippen molar-refractivity contribution in [3.05, 3.63) is 17.1 Å². The highest BCUT2D eigenvalue weighted by Gasteiger charge is 2.19. The van der Waals surface area contributed by atoms with Crippen LogP contribution in [0.2, 0.25) is 0 Å². The highest BCUT2D eigenvalue weighted by Crippen LogP contribution is 2.26. The summed E-state index contributed by atoms with van der Waals surface area (Å²) in [6, 6.07) is 0. The van der Waals surface area contributed by atoms with Gasteiger partial charge in [-0.3, -0.25) is 0 Å². The Morgan fingerprint density at radius 3 is 3.00 bits per heavy atom. The summed E-state index contributed by atoms with van der Waals surface area (Å²) in [7, 11) is 0. The third kappa shape index (κ3) is 1.41. The number of aliphatic hydroxyl groups excluding tert-OH is 1. The molecule has 0 radical (unpaired) electrons. The molecule has 3 rings (SSSR count). The fourth-order valence-electron chi connectivity index (χ4n) is 2.11. The molecule has 84 valence electrons. The fourth-order valence-corrected chi connectivity index (χ4v) is 2.48. The van der Waals surface area contributed by atoms with E-state index in [1.54, 1.807) is 4.52 Å². The van der Waals surface area contributed by atoms with Gasteiger partial charge in [-0.2, -0.15) is 9.50 Å². The van der Waals surface area contributed by atoms with Crippen molar-refractivity contribution in [2.45, 2.75) is 30.7 Å². The average Bonchev–Trinajstić information content (AvgIpc) is 2.85.